The largest absolute Gasteiger partial charge is 0.457 e. The number of nitro benzene ring substituents is 1. The molecule has 0 radical (unpaired) electrons. The Labute approximate surface area is 159 Å². The van der Waals surface area contributed by atoms with Crippen molar-refractivity contribution >= 4 is 17.5 Å². The molecule has 8 heteroatoms. The standard InChI is InChI=1S/C20H13N3O5/c24-19-17-9-8-16(28-15-6-4-14(5-7-15)23(26)27)11-18(17)20(25)22(19)12-13-3-1-2-10-21-13/h1-11H,12H2. The van der Waals surface area contributed by atoms with Gasteiger partial charge >= 0.3 is 0 Å². The summed E-state index contributed by atoms with van der Waals surface area (Å²) in [6.07, 6.45) is 1.60. The van der Waals surface area contributed by atoms with E-state index < -0.39 is 10.8 Å². The monoisotopic (exact) mass is 375 g/mol. The smallest absolute Gasteiger partial charge is 0.269 e. The minimum absolute atomic E-state index is 0.0489. The van der Waals surface area contributed by atoms with Gasteiger partial charge in [-0.2, -0.15) is 0 Å². The highest BCUT2D eigenvalue weighted by Crippen LogP contribution is 2.30. The number of hydrogen-bond acceptors (Lipinski definition) is 6. The molecule has 1 aromatic heterocycles. The van der Waals surface area contributed by atoms with E-state index >= 15 is 0 Å². The molecule has 8 nitrogen and oxygen atoms in total. The molecule has 0 saturated carbocycles. The van der Waals surface area contributed by atoms with Crippen LogP contribution in [0.4, 0.5) is 5.69 Å². The molecule has 138 valence electrons. The molecule has 0 N–H and O–H groups in total. The number of hydrogen-bond donors (Lipinski definition) is 0. The molecule has 0 atom stereocenters. The summed E-state index contributed by atoms with van der Waals surface area (Å²) in [6.45, 7) is 0.0890. The summed E-state index contributed by atoms with van der Waals surface area (Å²) >= 11 is 0. The number of nitro groups is 1. The van der Waals surface area contributed by atoms with Gasteiger partial charge < -0.3 is 4.74 Å². The number of carbonyl (C=O) groups excluding carboxylic acids is 2. The van der Waals surface area contributed by atoms with Crippen LogP contribution in [-0.4, -0.2) is 26.6 Å². The maximum Gasteiger partial charge on any atom is 0.269 e. The number of non-ortho nitro benzene ring substituents is 1. The van der Waals surface area contributed by atoms with Crippen LogP contribution in [0.3, 0.4) is 0 Å². The first-order valence-electron chi connectivity index (χ1n) is 8.35. The molecule has 0 bridgehead atoms. The topological polar surface area (TPSA) is 103 Å². The van der Waals surface area contributed by atoms with Crippen molar-refractivity contribution in [2.45, 2.75) is 6.54 Å². The predicted octanol–water partition coefficient (Wildman–Crippen LogP) is 3.58. The van der Waals surface area contributed by atoms with Crippen LogP contribution >= 0.6 is 0 Å². The number of imide groups is 1. The van der Waals surface area contributed by atoms with Gasteiger partial charge in [0.05, 0.1) is 28.3 Å². The van der Waals surface area contributed by atoms with Crippen LogP contribution in [0.5, 0.6) is 11.5 Å². The Morgan fingerprint density at radius 2 is 1.64 bits per heavy atom. The van der Waals surface area contributed by atoms with Gasteiger partial charge in [0, 0.05) is 18.3 Å². The van der Waals surface area contributed by atoms with Crippen molar-refractivity contribution in [2.24, 2.45) is 0 Å². The van der Waals surface area contributed by atoms with E-state index in [1.54, 1.807) is 30.5 Å². The zero-order chi connectivity index (χ0) is 19.7. The molecule has 1 aliphatic heterocycles. The fourth-order valence-electron chi connectivity index (χ4n) is 2.90. The van der Waals surface area contributed by atoms with Crippen molar-refractivity contribution in [1.29, 1.82) is 0 Å². The Hall–Kier alpha value is -4.07. The van der Waals surface area contributed by atoms with E-state index in [1.807, 2.05) is 0 Å². The number of ether oxygens (including phenoxy) is 1. The van der Waals surface area contributed by atoms with Gasteiger partial charge in [-0.15, -0.1) is 0 Å². The maximum absolute atomic E-state index is 12.7. The molecular weight excluding hydrogens is 362 g/mol. The number of rotatable bonds is 5. The van der Waals surface area contributed by atoms with E-state index in [4.69, 9.17) is 4.74 Å². The number of amides is 2. The Morgan fingerprint density at radius 3 is 2.32 bits per heavy atom. The van der Waals surface area contributed by atoms with Crippen molar-refractivity contribution in [1.82, 2.24) is 9.88 Å². The Bertz CT molecular complexity index is 1080. The van der Waals surface area contributed by atoms with Crippen molar-refractivity contribution in [3.63, 3.8) is 0 Å². The predicted molar refractivity (Wildman–Crippen MR) is 98.1 cm³/mol. The zero-order valence-corrected chi connectivity index (χ0v) is 14.4. The summed E-state index contributed by atoms with van der Waals surface area (Å²) in [5.74, 6) is -0.0616. The van der Waals surface area contributed by atoms with E-state index in [9.17, 15) is 19.7 Å². The van der Waals surface area contributed by atoms with Gasteiger partial charge in [0.2, 0.25) is 0 Å². The van der Waals surface area contributed by atoms with Crippen LogP contribution < -0.4 is 4.74 Å². The molecule has 0 aliphatic carbocycles. The van der Waals surface area contributed by atoms with Gasteiger partial charge in [-0.3, -0.25) is 29.6 Å². The number of fused-ring (bicyclic) bond motifs is 1. The lowest BCUT2D eigenvalue weighted by Crippen LogP contribution is -2.29. The van der Waals surface area contributed by atoms with E-state index in [2.05, 4.69) is 4.98 Å². The van der Waals surface area contributed by atoms with Crippen LogP contribution in [0.1, 0.15) is 26.4 Å². The quantitative estimate of drug-likeness (QED) is 0.384. The highest BCUT2D eigenvalue weighted by atomic mass is 16.6. The minimum atomic E-state index is -0.500. The summed E-state index contributed by atoms with van der Waals surface area (Å²) in [5, 5.41) is 10.7. The van der Waals surface area contributed by atoms with E-state index in [0.29, 0.717) is 22.8 Å². The van der Waals surface area contributed by atoms with Gasteiger partial charge in [0.25, 0.3) is 17.5 Å². The average molecular weight is 375 g/mol. The first kappa shape index (κ1) is 17.3. The minimum Gasteiger partial charge on any atom is -0.457 e. The third-order valence-electron chi connectivity index (χ3n) is 4.27. The molecule has 28 heavy (non-hydrogen) atoms. The molecule has 3 aromatic rings. The third-order valence-corrected chi connectivity index (χ3v) is 4.27. The second-order valence-corrected chi connectivity index (χ2v) is 6.08. The second kappa shape index (κ2) is 6.92. The summed E-state index contributed by atoms with van der Waals surface area (Å²) in [6, 6.07) is 15.5. The highest BCUT2D eigenvalue weighted by molar-refractivity contribution is 6.21. The molecule has 1 aliphatic rings. The first-order valence-corrected chi connectivity index (χ1v) is 8.35. The second-order valence-electron chi connectivity index (χ2n) is 6.08. The van der Waals surface area contributed by atoms with Gasteiger partial charge in [0.15, 0.2) is 0 Å². The Morgan fingerprint density at radius 1 is 0.929 bits per heavy atom. The molecule has 2 heterocycles. The van der Waals surface area contributed by atoms with Crippen molar-refractivity contribution in [3.05, 3.63) is 93.8 Å². The Balaban J connectivity index is 1.55. The Kier molecular flexibility index (Phi) is 4.29. The normalized spacial score (nSPS) is 12.8. The lowest BCUT2D eigenvalue weighted by molar-refractivity contribution is -0.384. The first-order chi connectivity index (χ1) is 13.5. The molecule has 2 aromatic carbocycles. The lowest BCUT2D eigenvalue weighted by Gasteiger charge is -2.12. The lowest BCUT2D eigenvalue weighted by atomic mass is 10.1. The molecule has 2 amide bonds. The van der Waals surface area contributed by atoms with Crippen LogP contribution in [0.2, 0.25) is 0 Å². The highest BCUT2D eigenvalue weighted by Gasteiger charge is 2.36. The zero-order valence-electron chi connectivity index (χ0n) is 14.4. The van der Waals surface area contributed by atoms with E-state index in [0.717, 1.165) is 4.90 Å². The van der Waals surface area contributed by atoms with Gasteiger partial charge in [0.1, 0.15) is 11.5 Å². The van der Waals surface area contributed by atoms with Gasteiger partial charge in [-0.05, 0) is 42.5 Å². The van der Waals surface area contributed by atoms with E-state index in [-0.39, 0.29) is 23.7 Å². The fourth-order valence-corrected chi connectivity index (χ4v) is 2.90. The van der Waals surface area contributed by atoms with Crippen LogP contribution in [0.15, 0.2) is 66.9 Å². The fraction of sp³-hybridized carbons (Fsp3) is 0.0500. The number of nitrogens with zero attached hydrogens (tertiary/aromatic N) is 3. The van der Waals surface area contributed by atoms with Crippen molar-refractivity contribution < 1.29 is 19.2 Å². The SMILES string of the molecule is O=C1c2ccc(Oc3ccc([N+](=O)[O-])cc3)cc2C(=O)N1Cc1ccccn1. The van der Waals surface area contributed by atoms with E-state index in [1.165, 1.54) is 36.4 Å². The molecule has 4 rings (SSSR count). The van der Waals surface area contributed by atoms with Gasteiger partial charge in [-0.25, -0.2) is 0 Å². The molecule has 0 unspecified atom stereocenters. The van der Waals surface area contributed by atoms with Crippen LogP contribution in [0, 0.1) is 10.1 Å². The summed E-state index contributed by atoms with van der Waals surface area (Å²) in [4.78, 5) is 40.7. The number of aromatic nitrogens is 1. The maximum atomic E-state index is 12.7. The van der Waals surface area contributed by atoms with Crippen molar-refractivity contribution in [2.75, 3.05) is 0 Å². The molecule has 0 fully saturated rings. The third kappa shape index (κ3) is 3.18. The molecular formula is C20H13N3O5. The summed E-state index contributed by atoms with van der Waals surface area (Å²) in [7, 11) is 0. The number of carbonyl (C=O) groups is 2. The van der Waals surface area contributed by atoms with Gasteiger partial charge in [-0.1, -0.05) is 6.07 Å². The number of benzene rings is 2. The molecule has 0 spiro atoms. The summed E-state index contributed by atoms with van der Waals surface area (Å²) < 4.78 is 5.66. The number of pyridine rings is 1. The molecule has 0 saturated heterocycles. The van der Waals surface area contributed by atoms with Crippen LogP contribution in [0.25, 0.3) is 0 Å². The van der Waals surface area contributed by atoms with Crippen molar-refractivity contribution in [3.8, 4) is 11.5 Å². The summed E-state index contributed by atoms with van der Waals surface area (Å²) in [5.41, 5.74) is 1.11. The van der Waals surface area contributed by atoms with Crippen LogP contribution in [-0.2, 0) is 6.54 Å². The average Bonchev–Trinajstić information content (AvgIpc) is 2.94.